The molecule has 0 spiro atoms. The zero-order valence-corrected chi connectivity index (χ0v) is 7.96. The molecule has 1 aliphatic heterocycles. The summed E-state index contributed by atoms with van der Waals surface area (Å²) >= 11 is 4.58. The number of alkyl halides is 3. The van der Waals surface area contributed by atoms with Crippen LogP contribution in [0.25, 0.3) is 0 Å². The van der Waals surface area contributed by atoms with Gasteiger partial charge in [0, 0.05) is 17.2 Å². The number of fused-ring (bicyclic) bond motifs is 1. The summed E-state index contributed by atoms with van der Waals surface area (Å²) in [5, 5.41) is 0. The van der Waals surface area contributed by atoms with E-state index in [4.69, 9.17) is 0 Å². The van der Waals surface area contributed by atoms with Crippen molar-refractivity contribution in [3.8, 4) is 0 Å². The van der Waals surface area contributed by atoms with Crippen LogP contribution in [0.1, 0.15) is 15.9 Å². The Hall–Kier alpha value is -1.49. The first-order valence-corrected chi connectivity index (χ1v) is 4.33. The molecule has 1 aromatic carbocycles. The van der Waals surface area contributed by atoms with Crippen LogP contribution in [0.4, 0.5) is 8.78 Å². The summed E-state index contributed by atoms with van der Waals surface area (Å²) in [6.07, 6.45) is 0. The number of carbonyl (C=O) groups excluding carboxylic acids is 1. The van der Waals surface area contributed by atoms with Gasteiger partial charge < -0.3 is 4.74 Å². The van der Waals surface area contributed by atoms with Crippen LogP contribution in [0.5, 0.6) is 0 Å². The first kappa shape index (κ1) is 10.0. The topological polar surface area (TPSA) is 38.7 Å². The molecule has 1 aliphatic rings. The molecule has 0 unspecified atom stereocenters. The molecule has 0 atom stereocenters. The molecular weight excluding hydrogens is 228 g/mol. The third kappa shape index (κ3) is 1.97. The van der Waals surface area contributed by atoms with Crippen molar-refractivity contribution in [2.75, 3.05) is 0 Å². The Bertz CT molecular complexity index is 454. The molecule has 0 fully saturated rings. The smallest absolute Gasteiger partial charge is 0.401 e. The van der Waals surface area contributed by atoms with Gasteiger partial charge >= 0.3 is 5.57 Å². The van der Waals surface area contributed by atoms with Gasteiger partial charge in [0.05, 0.1) is 5.56 Å². The second-order valence-electron chi connectivity index (χ2n) is 2.82. The molecule has 1 aromatic rings. The molecule has 0 bridgehead atoms. The van der Waals surface area contributed by atoms with Crippen LogP contribution in [-0.2, 0) is 4.74 Å². The van der Waals surface area contributed by atoms with Gasteiger partial charge in [-0.25, -0.2) is 0 Å². The second-order valence-corrected chi connectivity index (χ2v) is 3.26. The van der Waals surface area contributed by atoms with Gasteiger partial charge in [0.15, 0.2) is 0 Å². The van der Waals surface area contributed by atoms with Crippen molar-refractivity contribution in [2.45, 2.75) is 5.57 Å². The summed E-state index contributed by atoms with van der Waals surface area (Å²) in [5.74, 6) is -1.06. The van der Waals surface area contributed by atoms with Gasteiger partial charge in [-0.05, 0) is 12.1 Å². The Kier molecular flexibility index (Phi) is 2.19. The van der Waals surface area contributed by atoms with E-state index in [1.54, 1.807) is 12.1 Å². The maximum absolute atomic E-state index is 12.3. The zero-order chi connectivity index (χ0) is 11.1. The number of amides is 1. The molecule has 15 heavy (non-hydrogen) atoms. The first-order valence-electron chi connectivity index (χ1n) is 3.95. The second kappa shape index (κ2) is 3.27. The Morgan fingerprint density at radius 3 is 2.47 bits per heavy atom. The highest BCUT2D eigenvalue weighted by Gasteiger charge is 2.34. The summed E-state index contributed by atoms with van der Waals surface area (Å²) in [7, 11) is 0. The molecule has 6 heteroatoms. The number of hydrogen-bond acceptors (Lipinski definition) is 2. The van der Waals surface area contributed by atoms with Crippen molar-refractivity contribution in [3.05, 3.63) is 35.4 Å². The van der Waals surface area contributed by atoms with E-state index < -0.39 is 17.4 Å². The average molecular weight is 232 g/mol. The molecule has 1 amide bonds. The molecule has 0 saturated carbocycles. The number of carbonyl (C=O) groups is 1. The maximum Gasteiger partial charge on any atom is 0.488 e. The molecule has 78 valence electrons. The number of rotatable bonds is 1. The SMILES string of the molecule is O=C1N=C(OC(F)(F)Cl)c2ccccc21. The van der Waals surface area contributed by atoms with Gasteiger partial charge in [-0.15, -0.1) is 8.78 Å². The number of benzene rings is 1. The van der Waals surface area contributed by atoms with Gasteiger partial charge in [0.25, 0.3) is 5.91 Å². The van der Waals surface area contributed by atoms with Gasteiger partial charge in [-0.1, -0.05) is 12.1 Å². The van der Waals surface area contributed by atoms with Crippen LogP contribution in [-0.4, -0.2) is 17.4 Å². The Morgan fingerprint density at radius 2 is 1.87 bits per heavy atom. The lowest BCUT2D eigenvalue weighted by Gasteiger charge is -2.09. The van der Waals surface area contributed by atoms with E-state index in [-0.39, 0.29) is 11.1 Å². The van der Waals surface area contributed by atoms with Gasteiger partial charge in [0.1, 0.15) is 0 Å². The lowest BCUT2D eigenvalue weighted by molar-refractivity contribution is -0.106. The van der Waals surface area contributed by atoms with Crippen LogP contribution in [0.3, 0.4) is 0 Å². The molecular formula is C9H4ClF2NO2. The van der Waals surface area contributed by atoms with E-state index in [1.165, 1.54) is 12.1 Å². The van der Waals surface area contributed by atoms with Crippen molar-refractivity contribution >= 4 is 23.4 Å². The molecule has 0 aliphatic carbocycles. The van der Waals surface area contributed by atoms with Gasteiger partial charge in [0.2, 0.25) is 5.90 Å². The number of hydrogen-bond donors (Lipinski definition) is 0. The summed E-state index contributed by atoms with van der Waals surface area (Å²) in [6.45, 7) is 0. The molecule has 3 nitrogen and oxygen atoms in total. The number of ether oxygens (including phenoxy) is 1. The van der Waals surface area contributed by atoms with E-state index in [0.29, 0.717) is 0 Å². The zero-order valence-electron chi connectivity index (χ0n) is 7.21. The van der Waals surface area contributed by atoms with E-state index in [1.807, 2.05) is 0 Å². The van der Waals surface area contributed by atoms with Crippen molar-refractivity contribution in [1.29, 1.82) is 0 Å². The Balaban J connectivity index is 2.38. The first-order chi connectivity index (χ1) is 6.97. The normalized spacial score (nSPS) is 14.9. The van der Waals surface area contributed by atoms with E-state index in [2.05, 4.69) is 21.3 Å². The van der Waals surface area contributed by atoms with Crippen molar-refractivity contribution in [1.82, 2.24) is 0 Å². The summed E-state index contributed by atoms with van der Waals surface area (Å²) in [5.41, 5.74) is -3.41. The summed E-state index contributed by atoms with van der Waals surface area (Å²) in [4.78, 5) is 14.5. The Labute approximate surface area is 88.3 Å². The van der Waals surface area contributed by atoms with Crippen molar-refractivity contribution in [2.24, 2.45) is 4.99 Å². The standard InChI is InChI=1S/C9H4ClF2NO2/c10-9(11,12)15-8-6-4-2-1-3-5(6)7(14)13-8/h1-4H. The average Bonchev–Trinajstić information content (AvgIpc) is 2.42. The molecule has 0 saturated heterocycles. The molecule has 0 radical (unpaired) electrons. The van der Waals surface area contributed by atoms with Gasteiger partial charge in [-0.3, -0.25) is 4.79 Å². The van der Waals surface area contributed by atoms with E-state index >= 15 is 0 Å². The minimum atomic E-state index is -3.86. The predicted octanol–water partition coefficient (Wildman–Crippen LogP) is 2.39. The van der Waals surface area contributed by atoms with E-state index in [0.717, 1.165) is 0 Å². The quantitative estimate of drug-likeness (QED) is 0.696. The fourth-order valence-electron chi connectivity index (χ4n) is 1.26. The highest BCUT2D eigenvalue weighted by molar-refractivity contribution is 6.23. The number of aliphatic imine (C=N–C) groups is 1. The summed E-state index contributed by atoms with van der Waals surface area (Å²) in [6, 6.07) is 6.13. The summed E-state index contributed by atoms with van der Waals surface area (Å²) < 4.78 is 28.7. The maximum atomic E-state index is 12.3. The molecule has 2 rings (SSSR count). The number of nitrogens with zero attached hydrogens (tertiary/aromatic N) is 1. The Morgan fingerprint density at radius 1 is 1.27 bits per heavy atom. The largest absolute Gasteiger partial charge is 0.488 e. The van der Waals surface area contributed by atoms with Crippen LogP contribution in [0.2, 0.25) is 0 Å². The minimum Gasteiger partial charge on any atom is -0.401 e. The molecule has 1 heterocycles. The van der Waals surface area contributed by atoms with Crippen molar-refractivity contribution < 1.29 is 18.3 Å². The van der Waals surface area contributed by atoms with Crippen LogP contribution in [0, 0.1) is 0 Å². The third-order valence-corrected chi connectivity index (χ3v) is 1.88. The number of halogens is 3. The van der Waals surface area contributed by atoms with Gasteiger partial charge in [-0.2, -0.15) is 4.99 Å². The lowest BCUT2D eigenvalue weighted by Crippen LogP contribution is -2.18. The fourth-order valence-corrected chi connectivity index (χ4v) is 1.33. The van der Waals surface area contributed by atoms with Crippen LogP contribution < -0.4 is 0 Å². The highest BCUT2D eigenvalue weighted by atomic mass is 35.5. The third-order valence-electron chi connectivity index (χ3n) is 1.80. The molecule has 0 N–H and O–H groups in total. The van der Waals surface area contributed by atoms with Crippen LogP contribution in [0.15, 0.2) is 29.3 Å². The van der Waals surface area contributed by atoms with Crippen LogP contribution >= 0.6 is 11.6 Å². The fraction of sp³-hybridized carbons (Fsp3) is 0.111. The monoisotopic (exact) mass is 231 g/mol. The predicted molar refractivity (Wildman–Crippen MR) is 49.2 cm³/mol. The van der Waals surface area contributed by atoms with E-state index in [9.17, 15) is 13.6 Å². The highest BCUT2D eigenvalue weighted by Crippen LogP contribution is 2.26. The minimum absolute atomic E-state index is 0.225. The van der Waals surface area contributed by atoms with Crippen molar-refractivity contribution in [3.63, 3.8) is 0 Å². The lowest BCUT2D eigenvalue weighted by atomic mass is 10.1. The molecule has 0 aromatic heterocycles.